The summed E-state index contributed by atoms with van der Waals surface area (Å²) in [5, 5.41) is 0. The van der Waals surface area contributed by atoms with E-state index in [1.165, 1.54) is 5.57 Å². The molecule has 0 saturated heterocycles. The molecule has 50 valence electrons. The summed E-state index contributed by atoms with van der Waals surface area (Å²) in [7, 11) is 0. The maximum Gasteiger partial charge on any atom is -0.0207 e. The van der Waals surface area contributed by atoms with E-state index >= 15 is 0 Å². The average Bonchev–Trinajstić information content (AvgIpc) is 1.82. The van der Waals surface area contributed by atoms with Crippen molar-refractivity contribution in [1.29, 1.82) is 0 Å². The predicted molar refractivity (Wildman–Crippen MR) is 42.3 cm³/mol. The van der Waals surface area contributed by atoms with Gasteiger partial charge in [-0.2, -0.15) is 0 Å². The number of rotatable bonds is 2. The van der Waals surface area contributed by atoms with Gasteiger partial charge in [0, 0.05) is 0 Å². The van der Waals surface area contributed by atoms with Crippen molar-refractivity contribution in [2.45, 2.75) is 20.8 Å². The summed E-state index contributed by atoms with van der Waals surface area (Å²) in [6, 6.07) is 0. The zero-order valence-corrected chi connectivity index (χ0v) is 6.44. The standard InChI is InChI=1S/C9H14/c1-5-6-7-9(4)8(2)3/h6-8H,1H2,2-4H3. The molecule has 0 spiro atoms. The molecule has 0 saturated carbocycles. The van der Waals surface area contributed by atoms with Gasteiger partial charge in [0.15, 0.2) is 0 Å². The van der Waals surface area contributed by atoms with Gasteiger partial charge in [-0.3, -0.25) is 0 Å². The molecule has 0 aromatic rings. The lowest BCUT2D eigenvalue weighted by Crippen LogP contribution is -1.86. The van der Waals surface area contributed by atoms with Crippen LogP contribution in [0.3, 0.4) is 0 Å². The smallest absolute Gasteiger partial charge is 0.0207 e. The van der Waals surface area contributed by atoms with Gasteiger partial charge in [-0.15, -0.1) is 5.73 Å². The quantitative estimate of drug-likeness (QED) is 0.390. The summed E-state index contributed by atoms with van der Waals surface area (Å²) in [6.07, 6.45) is 3.88. The molecule has 0 bridgehead atoms. The van der Waals surface area contributed by atoms with Crippen molar-refractivity contribution in [3.8, 4) is 0 Å². The normalized spacial score (nSPS) is 11.3. The van der Waals surface area contributed by atoms with Crippen LogP contribution in [0.25, 0.3) is 0 Å². The van der Waals surface area contributed by atoms with Gasteiger partial charge in [-0.25, -0.2) is 0 Å². The molecule has 0 atom stereocenters. The SMILES string of the molecule is C=C=CC=C(C)C(C)C. The minimum Gasteiger partial charge on any atom is -0.129 e. The fraction of sp³-hybridized carbons (Fsp3) is 0.444. The van der Waals surface area contributed by atoms with E-state index in [1.807, 2.05) is 12.2 Å². The van der Waals surface area contributed by atoms with Gasteiger partial charge >= 0.3 is 0 Å². The Hall–Kier alpha value is -0.740. The zero-order valence-electron chi connectivity index (χ0n) is 6.44. The molecular weight excluding hydrogens is 108 g/mol. The monoisotopic (exact) mass is 122 g/mol. The van der Waals surface area contributed by atoms with Crippen LogP contribution in [-0.4, -0.2) is 0 Å². The van der Waals surface area contributed by atoms with E-state index in [2.05, 4.69) is 33.1 Å². The van der Waals surface area contributed by atoms with Crippen LogP contribution < -0.4 is 0 Å². The predicted octanol–water partition coefficient (Wildman–Crippen LogP) is 2.93. The fourth-order valence-corrected chi connectivity index (χ4v) is 0.383. The topological polar surface area (TPSA) is 0 Å². The second-order valence-electron chi connectivity index (χ2n) is 2.44. The molecule has 0 nitrogen and oxygen atoms in total. The van der Waals surface area contributed by atoms with E-state index in [1.54, 1.807) is 0 Å². The number of hydrogen-bond acceptors (Lipinski definition) is 0. The molecule has 0 aromatic heterocycles. The highest BCUT2D eigenvalue weighted by molar-refractivity contribution is 5.10. The van der Waals surface area contributed by atoms with Crippen molar-refractivity contribution in [3.05, 3.63) is 30.0 Å². The molecule has 9 heavy (non-hydrogen) atoms. The van der Waals surface area contributed by atoms with Gasteiger partial charge in [-0.1, -0.05) is 32.1 Å². The van der Waals surface area contributed by atoms with Gasteiger partial charge in [0.25, 0.3) is 0 Å². The third-order valence-electron chi connectivity index (χ3n) is 1.37. The lowest BCUT2D eigenvalue weighted by atomic mass is 10.1. The van der Waals surface area contributed by atoms with Gasteiger partial charge < -0.3 is 0 Å². The molecule has 0 heterocycles. The maximum absolute atomic E-state index is 3.47. The van der Waals surface area contributed by atoms with Crippen LogP contribution in [0.4, 0.5) is 0 Å². The lowest BCUT2D eigenvalue weighted by Gasteiger charge is -2.00. The minimum absolute atomic E-state index is 0.634. The van der Waals surface area contributed by atoms with Gasteiger partial charge in [-0.05, 0) is 18.9 Å². The number of allylic oxidation sites excluding steroid dienone is 3. The first-order valence-electron chi connectivity index (χ1n) is 3.21. The van der Waals surface area contributed by atoms with E-state index in [0.29, 0.717) is 5.92 Å². The summed E-state index contributed by atoms with van der Waals surface area (Å²) in [6.45, 7) is 9.92. The molecule has 0 rings (SSSR count). The van der Waals surface area contributed by atoms with Crippen molar-refractivity contribution in [2.75, 3.05) is 0 Å². The van der Waals surface area contributed by atoms with Gasteiger partial charge in [0.05, 0.1) is 0 Å². The summed E-state index contributed by atoms with van der Waals surface area (Å²) in [4.78, 5) is 0. The van der Waals surface area contributed by atoms with Crippen molar-refractivity contribution < 1.29 is 0 Å². The van der Waals surface area contributed by atoms with Crippen LogP contribution in [0, 0.1) is 5.92 Å². The molecule has 0 aliphatic heterocycles. The molecule has 0 aromatic carbocycles. The summed E-state index contributed by atoms with van der Waals surface area (Å²) < 4.78 is 0. The highest BCUT2D eigenvalue weighted by Gasteiger charge is 1.91. The maximum atomic E-state index is 3.47. The fourth-order valence-electron chi connectivity index (χ4n) is 0.383. The van der Waals surface area contributed by atoms with E-state index in [0.717, 1.165) is 0 Å². The molecular formula is C9H14. The average molecular weight is 122 g/mol. The molecule has 0 radical (unpaired) electrons. The van der Waals surface area contributed by atoms with Crippen LogP contribution in [0.1, 0.15) is 20.8 Å². The summed E-state index contributed by atoms with van der Waals surface area (Å²) in [5.74, 6) is 0.634. The third-order valence-corrected chi connectivity index (χ3v) is 1.37. The van der Waals surface area contributed by atoms with Gasteiger partial charge in [0.1, 0.15) is 0 Å². The van der Waals surface area contributed by atoms with E-state index < -0.39 is 0 Å². The molecule has 0 amide bonds. The second kappa shape index (κ2) is 4.17. The van der Waals surface area contributed by atoms with Gasteiger partial charge in [0.2, 0.25) is 0 Å². The van der Waals surface area contributed by atoms with E-state index in [4.69, 9.17) is 0 Å². The number of hydrogen-bond donors (Lipinski definition) is 0. The van der Waals surface area contributed by atoms with E-state index in [9.17, 15) is 0 Å². The second-order valence-corrected chi connectivity index (χ2v) is 2.44. The first-order chi connectivity index (χ1) is 4.18. The van der Waals surface area contributed by atoms with Crippen molar-refractivity contribution in [3.63, 3.8) is 0 Å². The Balaban J connectivity index is 3.99. The molecule has 0 unspecified atom stereocenters. The highest BCUT2D eigenvalue weighted by atomic mass is 14.0. The van der Waals surface area contributed by atoms with Crippen molar-refractivity contribution in [2.24, 2.45) is 5.92 Å². The summed E-state index contributed by atoms with van der Waals surface area (Å²) >= 11 is 0. The largest absolute Gasteiger partial charge is 0.129 e. The Kier molecular flexibility index (Phi) is 3.83. The first-order valence-corrected chi connectivity index (χ1v) is 3.21. The lowest BCUT2D eigenvalue weighted by molar-refractivity contribution is 0.769. The highest BCUT2D eigenvalue weighted by Crippen LogP contribution is 2.06. The Morgan fingerprint density at radius 3 is 2.44 bits per heavy atom. The molecule has 0 fully saturated rings. The van der Waals surface area contributed by atoms with Crippen LogP contribution in [0.15, 0.2) is 30.0 Å². The van der Waals surface area contributed by atoms with E-state index in [-0.39, 0.29) is 0 Å². The Morgan fingerprint density at radius 2 is 2.11 bits per heavy atom. The third kappa shape index (κ3) is 3.81. The molecule has 0 heteroatoms. The van der Waals surface area contributed by atoms with Crippen molar-refractivity contribution >= 4 is 0 Å². The Labute approximate surface area is 57.6 Å². The van der Waals surface area contributed by atoms with Crippen LogP contribution in [0.2, 0.25) is 0 Å². The molecule has 0 aliphatic carbocycles. The first kappa shape index (κ1) is 8.26. The minimum atomic E-state index is 0.634. The molecule has 0 N–H and O–H groups in total. The van der Waals surface area contributed by atoms with Crippen molar-refractivity contribution in [1.82, 2.24) is 0 Å². The van der Waals surface area contributed by atoms with Crippen LogP contribution in [0.5, 0.6) is 0 Å². The molecule has 0 aliphatic rings. The van der Waals surface area contributed by atoms with Crippen LogP contribution >= 0.6 is 0 Å². The zero-order chi connectivity index (χ0) is 7.28. The Morgan fingerprint density at radius 1 is 1.56 bits per heavy atom. The summed E-state index contributed by atoms with van der Waals surface area (Å²) in [5.41, 5.74) is 4.07. The van der Waals surface area contributed by atoms with Crippen LogP contribution in [-0.2, 0) is 0 Å². The Bertz CT molecular complexity index is 143.